The van der Waals surface area contributed by atoms with Crippen LogP contribution >= 0.6 is 0 Å². The molecule has 2 heteroatoms. The molecule has 1 N–H and O–H groups in total. The van der Waals surface area contributed by atoms with Crippen LogP contribution in [0.25, 0.3) is 0 Å². The molecule has 82 valence electrons. The molecular weight excluding hydrogens is 188 g/mol. The van der Waals surface area contributed by atoms with Crippen molar-refractivity contribution in [1.82, 2.24) is 0 Å². The molecule has 2 atom stereocenters. The van der Waals surface area contributed by atoms with Gasteiger partial charge in [-0.25, -0.2) is 0 Å². The monoisotopic (exact) mass is 206 g/mol. The number of aliphatic hydroxyl groups excluding tert-OH is 1. The second-order valence-corrected chi connectivity index (χ2v) is 5.28. The zero-order chi connectivity index (χ0) is 11.1. The van der Waals surface area contributed by atoms with E-state index in [-0.39, 0.29) is 11.5 Å². The van der Waals surface area contributed by atoms with E-state index in [2.05, 4.69) is 6.07 Å². The Morgan fingerprint density at radius 1 is 1.33 bits per heavy atom. The van der Waals surface area contributed by atoms with Gasteiger partial charge in [-0.2, -0.15) is 0 Å². The van der Waals surface area contributed by atoms with E-state index in [1.807, 2.05) is 39.0 Å². The lowest BCUT2D eigenvalue weighted by atomic mass is 9.84. The molecule has 0 radical (unpaired) electrons. The van der Waals surface area contributed by atoms with E-state index in [0.29, 0.717) is 0 Å². The first-order valence-electron chi connectivity index (χ1n) is 5.41. The fourth-order valence-electron chi connectivity index (χ4n) is 1.94. The lowest BCUT2D eigenvalue weighted by Crippen LogP contribution is -2.40. The molecule has 1 aliphatic rings. The molecule has 1 aromatic rings. The van der Waals surface area contributed by atoms with Gasteiger partial charge in [0.05, 0.1) is 6.10 Å². The zero-order valence-electron chi connectivity index (χ0n) is 9.53. The Kier molecular flexibility index (Phi) is 2.47. The summed E-state index contributed by atoms with van der Waals surface area (Å²) in [5.74, 6) is 0.922. The van der Waals surface area contributed by atoms with Crippen molar-refractivity contribution in [3.05, 3.63) is 29.8 Å². The minimum atomic E-state index is -0.426. The molecule has 0 amide bonds. The average Bonchev–Trinajstić information content (AvgIpc) is 2.58. The molecule has 0 aliphatic carbocycles. The van der Waals surface area contributed by atoms with E-state index in [1.54, 1.807) is 0 Å². The van der Waals surface area contributed by atoms with Crippen LogP contribution in [0, 0.1) is 5.41 Å². The van der Waals surface area contributed by atoms with Crippen molar-refractivity contribution in [2.75, 3.05) is 0 Å². The Balaban J connectivity index is 2.14. The van der Waals surface area contributed by atoms with E-state index < -0.39 is 6.10 Å². The summed E-state index contributed by atoms with van der Waals surface area (Å²) in [6, 6.07) is 7.99. The van der Waals surface area contributed by atoms with Gasteiger partial charge in [-0.3, -0.25) is 0 Å². The van der Waals surface area contributed by atoms with Crippen LogP contribution in [0.1, 0.15) is 26.3 Å². The molecule has 1 aliphatic heterocycles. The third kappa shape index (κ3) is 2.00. The number of para-hydroxylation sites is 1. The summed E-state index contributed by atoms with van der Waals surface area (Å²) in [6.45, 7) is 6.10. The summed E-state index contributed by atoms with van der Waals surface area (Å²) in [5.41, 5.74) is 1.07. The topological polar surface area (TPSA) is 29.5 Å². The molecule has 0 fully saturated rings. The minimum Gasteiger partial charge on any atom is -0.487 e. The molecule has 15 heavy (non-hydrogen) atoms. The lowest BCUT2D eigenvalue weighted by molar-refractivity contribution is -0.0222. The number of benzene rings is 1. The fourth-order valence-corrected chi connectivity index (χ4v) is 1.94. The first kappa shape index (κ1) is 10.5. The largest absolute Gasteiger partial charge is 0.487 e. The van der Waals surface area contributed by atoms with Gasteiger partial charge >= 0.3 is 0 Å². The van der Waals surface area contributed by atoms with Crippen LogP contribution in [0.3, 0.4) is 0 Å². The number of ether oxygens (including phenoxy) is 1. The average molecular weight is 206 g/mol. The fraction of sp³-hybridized carbons (Fsp3) is 0.538. The van der Waals surface area contributed by atoms with Crippen molar-refractivity contribution in [2.45, 2.75) is 39.4 Å². The SMILES string of the molecule is CC(C)(C)C(O)C1Cc2ccccc2O1. The summed E-state index contributed by atoms with van der Waals surface area (Å²) in [4.78, 5) is 0. The number of fused-ring (bicyclic) bond motifs is 1. The van der Waals surface area contributed by atoms with E-state index >= 15 is 0 Å². The summed E-state index contributed by atoms with van der Waals surface area (Å²) < 4.78 is 5.75. The third-order valence-electron chi connectivity index (χ3n) is 2.91. The molecule has 0 aromatic heterocycles. The van der Waals surface area contributed by atoms with Gasteiger partial charge in [-0.15, -0.1) is 0 Å². The molecule has 0 saturated heterocycles. The van der Waals surface area contributed by atoms with Crippen molar-refractivity contribution in [3.8, 4) is 5.75 Å². The normalized spacial score (nSPS) is 22.0. The first-order valence-corrected chi connectivity index (χ1v) is 5.41. The molecule has 2 rings (SSSR count). The smallest absolute Gasteiger partial charge is 0.129 e. The number of hydrogen-bond acceptors (Lipinski definition) is 2. The highest BCUT2D eigenvalue weighted by atomic mass is 16.5. The highest BCUT2D eigenvalue weighted by Crippen LogP contribution is 2.34. The number of rotatable bonds is 1. The number of hydrogen-bond donors (Lipinski definition) is 1. The zero-order valence-corrected chi connectivity index (χ0v) is 9.53. The summed E-state index contributed by atoms with van der Waals surface area (Å²) in [5, 5.41) is 10.1. The van der Waals surface area contributed by atoms with E-state index in [0.717, 1.165) is 12.2 Å². The lowest BCUT2D eigenvalue weighted by Gasteiger charge is -2.30. The predicted molar refractivity (Wildman–Crippen MR) is 60.0 cm³/mol. The van der Waals surface area contributed by atoms with Gasteiger partial charge in [-0.05, 0) is 17.0 Å². The standard InChI is InChI=1S/C13H18O2/c1-13(2,3)12(14)11-8-9-6-4-5-7-10(9)15-11/h4-7,11-12,14H,8H2,1-3H3. The molecule has 2 unspecified atom stereocenters. The van der Waals surface area contributed by atoms with Crippen molar-refractivity contribution >= 4 is 0 Å². The van der Waals surface area contributed by atoms with E-state index in [1.165, 1.54) is 5.56 Å². The van der Waals surface area contributed by atoms with Gasteiger partial charge in [0.15, 0.2) is 0 Å². The van der Waals surface area contributed by atoms with Crippen LogP contribution in [-0.4, -0.2) is 17.3 Å². The second-order valence-electron chi connectivity index (χ2n) is 5.28. The van der Waals surface area contributed by atoms with Gasteiger partial charge in [-0.1, -0.05) is 39.0 Å². The van der Waals surface area contributed by atoms with Crippen molar-refractivity contribution in [1.29, 1.82) is 0 Å². The molecule has 1 heterocycles. The maximum absolute atomic E-state index is 10.1. The van der Waals surface area contributed by atoms with Crippen LogP contribution in [-0.2, 0) is 6.42 Å². The molecular formula is C13H18O2. The summed E-state index contributed by atoms with van der Waals surface area (Å²) >= 11 is 0. The minimum absolute atomic E-state index is 0.0950. The Labute approximate surface area is 90.9 Å². The first-order chi connectivity index (χ1) is 6.98. The summed E-state index contributed by atoms with van der Waals surface area (Å²) in [6.07, 6.45) is 0.293. The van der Waals surface area contributed by atoms with Gasteiger partial charge in [0.1, 0.15) is 11.9 Å². The maximum Gasteiger partial charge on any atom is 0.129 e. The Hall–Kier alpha value is -1.02. The van der Waals surface area contributed by atoms with Crippen molar-refractivity contribution in [3.63, 3.8) is 0 Å². The Morgan fingerprint density at radius 3 is 2.60 bits per heavy atom. The Bertz CT molecular complexity index is 327. The van der Waals surface area contributed by atoms with Crippen molar-refractivity contribution in [2.24, 2.45) is 5.41 Å². The highest BCUT2D eigenvalue weighted by Gasteiger charge is 2.35. The number of aliphatic hydroxyl groups is 1. The molecule has 0 saturated carbocycles. The second kappa shape index (κ2) is 3.53. The van der Waals surface area contributed by atoms with Gasteiger partial charge in [0.2, 0.25) is 0 Å². The quantitative estimate of drug-likeness (QED) is 0.764. The van der Waals surface area contributed by atoms with Crippen molar-refractivity contribution < 1.29 is 9.84 Å². The molecule has 0 bridgehead atoms. The highest BCUT2D eigenvalue weighted by molar-refractivity contribution is 5.37. The predicted octanol–water partition coefficient (Wildman–Crippen LogP) is 2.40. The maximum atomic E-state index is 10.1. The van der Waals surface area contributed by atoms with Crippen LogP contribution in [0.2, 0.25) is 0 Å². The third-order valence-corrected chi connectivity index (χ3v) is 2.91. The molecule has 1 aromatic carbocycles. The van der Waals surface area contributed by atoms with Gasteiger partial charge in [0.25, 0.3) is 0 Å². The molecule has 2 nitrogen and oxygen atoms in total. The van der Waals surface area contributed by atoms with Crippen LogP contribution in [0.5, 0.6) is 5.75 Å². The van der Waals surface area contributed by atoms with Crippen LogP contribution in [0.4, 0.5) is 0 Å². The molecule has 0 spiro atoms. The van der Waals surface area contributed by atoms with E-state index in [9.17, 15) is 5.11 Å². The summed E-state index contributed by atoms with van der Waals surface area (Å²) in [7, 11) is 0. The van der Waals surface area contributed by atoms with Crippen LogP contribution in [0.15, 0.2) is 24.3 Å². The van der Waals surface area contributed by atoms with Gasteiger partial charge in [0, 0.05) is 6.42 Å². The Morgan fingerprint density at radius 2 is 2.00 bits per heavy atom. The van der Waals surface area contributed by atoms with Gasteiger partial charge < -0.3 is 9.84 Å². The van der Waals surface area contributed by atoms with Crippen LogP contribution < -0.4 is 4.74 Å². The van der Waals surface area contributed by atoms with E-state index in [4.69, 9.17) is 4.74 Å².